The maximum absolute atomic E-state index is 2.77. The Morgan fingerprint density at radius 3 is 2.36 bits per heavy atom. The van der Waals surface area contributed by atoms with Gasteiger partial charge in [-0.05, 0) is 97.2 Å². The Kier molecular flexibility index (Phi) is 5.65. The van der Waals surface area contributed by atoms with Crippen LogP contribution in [0.15, 0.2) is 23.8 Å². The fraction of sp³-hybridized carbons (Fsp3) is 0.857. The van der Waals surface area contributed by atoms with Crippen LogP contribution in [-0.2, 0) is 0 Å². The molecule has 0 aromatic carbocycles. The van der Waals surface area contributed by atoms with Gasteiger partial charge in [0.15, 0.2) is 0 Å². The Labute approximate surface area is 175 Å². The Morgan fingerprint density at radius 2 is 1.61 bits per heavy atom. The molecule has 0 saturated heterocycles. The smallest absolute Gasteiger partial charge is 0.0143 e. The van der Waals surface area contributed by atoms with E-state index in [1.54, 1.807) is 0 Å². The van der Waals surface area contributed by atoms with Crippen molar-refractivity contribution in [2.24, 2.45) is 52.3 Å². The van der Waals surface area contributed by atoms with Crippen LogP contribution in [0.2, 0.25) is 0 Å². The lowest BCUT2D eigenvalue weighted by Crippen LogP contribution is -2.48. The van der Waals surface area contributed by atoms with Gasteiger partial charge in [0.05, 0.1) is 0 Å². The van der Waals surface area contributed by atoms with E-state index in [0.29, 0.717) is 16.7 Å². The summed E-state index contributed by atoms with van der Waals surface area (Å²) < 4.78 is 0. The third kappa shape index (κ3) is 3.26. The molecule has 3 fully saturated rings. The molecule has 28 heavy (non-hydrogen) atoms. The lowest BCUT2D eigenvalue weighted by Gasteiger charge is -2.57. The molecule has 4 aliphatic rings. The van der Waals surface area contributed by atoms with E-state index in [0.717, 1.165) is 35.5 Å². The molecule has 0 aromatic heterocycles. The Balaban J connectivity index is 1.54. The van der Waals surface area contributed by atoms with Gasteiger partial charge in [-0.1, -0.05) is 78.2 Å². The molecule has 8 atom stereocenters. The number of rotatable bonds is 4. The molecule has 0 heteroatoms. The first-order valence-electron chi connectivity index (χ1n) is 12.7. The lowest BCUT2D eigenvalue weighted by molar-refractivity contribution is -0.00481. The summed E-state index contributed by atoms with van der Waals surface area (Å²) in [7, 11) is 0. The number of fused-ring (bicyclic) bond motifs is 5. The topological polar surface area (TPSA) is 0 Å². The van der Waals surface area contributed by atoms with Crippen molar-refractivity contribution in [1.82, 2.24) is 0 Å². The van der Waals surface area contributed by atoms with Crippen LogP contribution in [0.25, 0.3) is 0 Å². The maximum atomic E-state index is 2.77. The van der Waals surface area contributed by atoms with E-state index < -0.39 is 0 Å². The van der Waals surface area contributed by atoms with Gasteiger partial charge >= 0.3 is 0 Å². The highest BCUT2D eigenvalue weighted by atomic mass is 14.6. The SMILES string of the molecule is CC(C)C(C)C=CC(C)C1CCC2C3=CCC4CCCCC4(C)C3CCC21C. The summed E-state index contributed by atoms with van der Waals surface area (Å²) in [5, 5.41) is 0. The normalized spacial score (nSPS) is 45.3. The molecule has 0 amide bonds. The summed E-state index contributed by atoms with van der Waals surface area (Å²) >= 11 is 0. The van der Waals surface area contributed by atoms with Crippen LogP contribution in [0.1, 0.15) is 99.3 Å². The van der Waals surface area contributed by atoms with E-state index >= 15 is 0 Å². The highest BCUT2D eigenvalue weighted by Gasteiger charge is 2.57. The van der Waals surface area contributed by atoms with Crippen LogP contribution in [0, 0.1) is 52.3 Å². The van der Waals surface area contributed by atoms with Crippen LogP contribution in [-0.4, -0.2) is 0 Å². The van der Waals surface area contributed by atoms with Crippen LogP contribution in [0.5, 0.6) is 0 Å². The van der Waals surface area contributed by atoms with Crippen molar-refractivity contribution in [3.63, 3.8) is 0 Å². The minimum absolute atomic E-state index is 0.547. The standard InChI is InChI=1S/C28H46/c1-19(2)20(3)10-11-21(4)24-14-15-25-23-13-12-22-9-7-8-17-27(22,5)26(23)16-18-28(24,25)6/h10-11,13,19-22,24-26H,7-9,12,14-18H2,1-6H3. The second-order valence-electron chi connectivity index (χ2n) is 12.1. The fourth-order valence-corrected chi connectivity index (χ4v) is 8.16. The molecule has 0 heterocycles. The summed E-state index contributed by atoms with van der Waals surface area (Å²) in [6.45, 7) is 15.0. The predicted octanol–water partition coefficient (Wildman–Crippen LogP) is 8.44. The quantitative estimate of drug-likeness (QED) is 0.428. The molecule has 0 aromatic rings. The minimum atomic E-state index is 0.547. The largest absolute Gasteiger partial charge is 0.0852 e. The first-order valence-corrected chi connectivity index (χ1v) is 12.7. The monoisotopic (exact) mass is 382 g/mol. The lowest BCUT2D eigenvalue weighted by atomic mass is 9.48. The summed E-state index contributed by atoms with van der Waals surface area (Å²) in [6, 6.07) is 0. The second-order valence-corrected chi connectivity index (χ2v) is 12.1. The van der Waals surface area contributed by atoms with E-state index in [1.807, 2.05) is 5.57 Å². The van der Waals surface area contributed by atoms with Crippen molar-refractivity contribution in [2.75, 3.05) is 0 Å². The first kappa shape index (κ1) is 20.7. The molecule has 0 radical (unpaired) electrons. The van der Waals surface area contributed by atoms with E-state index in [2.05, 4.69) is 59.8 Å². The highest BCUT2D eigenvalue weighted by molar-refractivity contribution is 5.27. The third-order valence-electron chi connectivity index (χ3n) is 10.5. The third-order valence-corrected chi connectivity index (χ3v) is 10.5. The summed E-state index contributed by atoms with van der Waals surface area (Å²) in [5.74, 6) is 5.84. The molecule has 4 aliphatic carbocycles. The molecular weight excluding hydrogens is 336 g/mol. The average molecular weight is 383 g/mol. The zero-order valence-electron chi connectivity index (χ0n) is 19.6. The van der Waals surface area contributed by atoms with Crippen molar-refractivity contribution >= 4 is 0 Å². The Bertz CT molecular complexity index is 624. The maximum Gasteiger partial charge on any atom is -0.0143 e. The number of hydrogen-bond donors (Lipinski definition) is 0. The van der Waals surface area contributed by atoms with Crippen molar-refractivity contribution in [3.8, 4) is 0 Å². The number of hydrogen-bond acceptors (Lipinski definition) is 0. The molecule has 8 unspecified atom stereocenters. The zero-order valence-corrected chi connectivity index (χ0v) is 19.6. The average Bonchev–Trinajstić information content (AvgIpc) is 3.02. The van der Waals surface area contributed by atoms with Gasteiger partial charge in [0.25, 0.3) is 0 Å². The van der Waals surface area contributed by atoms with Crippen molar-refractivity contribution in [1.29, 1.82) is 0 Å². The highest BCUT2D eigenvalue weighted by Crippen LogP contribution is 2.66. The molecular formula is C28H46. The number of allylic oxidation sites excluding steroid dienone is 4. The molecule has 0 aliphatic heterocycles. The molecule has 3 saturated carbocycles. The van der Waals surface area contributed by atoms with Gasteiger partial charge in [-0.2, -0.15) is 0 Å². The van der Waals surface area contributed by atoms with Crippen LogP contribution >= 0.6 is 0 Å². The fourth-order valence-electron chi connectivity index (χ4n) is 8.16. The molecule has 4 rings (SSSR count). The van der Waals surface area contributed by atoms with Gasteiger partial charge in [-0.25, -0.2) is 0 Å². The molecule has 0 spiro atoms. The van der Waals surface area contributed by atoms with Crippen LogP contribution in [0.3, 0.4) is 0 Å². The van der Waals surface area contributed by atoms with Crippen LogP contribution in [0.4, 0.5) is 0 Å². The molecule has 0 nitrogen and oxygen atoms in total. The summed E-state index contributed by atoms with van der Waals surface area (Å²) in [5.41, 5.74) is 3.11. The van der Waals surface area contributed by atoms with Gasteiger partial charge < -0.3 is 0 Å². The molecule has 0 N–H and O–H groups in total. The van der Waals surface area contributed by atoms with E-state index in [9.17, 15) is 0 Å². The van der Waals surface area contributed by atoms with Gasteiger partial charge in [-0.15, -0.1) is 0 Å². The predicted molar refractivity (Wildman–Crippen MR) is 122 cm³/mol. The summed E-state index contributed by atoms with van der Waals surface area (Å²) in [6.07, 6.45) is 21.1. The van der Waals surface area contributed by atoms with E-state index in [-0.39, 0.29) is 0 Å². The summed E-state index contributed by atoms with van der Waals surface area (Å²) in [4.78, 5) is 0. The second kappa shape index (κ2) is 7.63. The molecule has 158 valence electrons. The Hall–Kier alpha value is -0.520. The zero-order chi connectivity index (χ0) is 20.1. The van der Waals surface area contributed by atoms with Gasteiger partial charge in [0.2, 0.25) is 0 Å². The van der Waals surface area contributed by atoms with E-state index in [1.165, 1.54) is 57.8 Å². The van der Waals surface area contributed by atoms with Crippen molar-refractivity contribution in [2.45, 2.75) is 99.3 Å². The Morgan fingerprint density at radius 1 is 0.857 bits per heavy atom. The van der Waals surface area contributed by atoms with Gasteiger partial charge in [0, 0.05) is 0 Å². The van der Waals surface area contributed by atoms with Crippen LogP contribution < -0.4 is 0 Å². The van der Waals surface area contributed by atoms with Crippen molar-refractivity contribution in [3.05, 3.63) is 23.8 Å². The first-order chi connectivity index (χ1) is 13.3. The van der Waals surface area contributed by atoms with E-state index in [4.69, 9.17) is 0 Å². The van der Waals surface area contributed by atoms with Gasteiger partial charge in [0.1, 0.15) is 0 Å². The van der Waals surface area contributed by atoms with Gasteiger partial charge in [-0.3, -0.25) is 0 Å². The van der Waals surface area contributed by atoms with Crippen molar-refractivity contribution < 1.29 is 0 Å². The minimum Gasteiger partial charge on any atom is -0.0852 e. The molecule has 0 bridgehead atoms.